The lowest BCUT2D eigenvalue weighted by Crippen LogP contribution is -2.34. The number of amides is 2. The average molecular weight is 382 g/mol. The van der Waals surface area contributed by atoms with E-state index in [4.69, 9.17) is 23.2 Å². The summed E-state index contributed by atoms with van der Waals surface area (Å²) in [5, 5.41) is 4.37. The van der Waals surface area contributed by atoms with E-state index in [9.17, 15) is 4.79 Å². The molecule has 24 heavy (non-hydrogen) atoms. The minimum Gasteiger partial charge on any atom is -0.305 e. The lowest BCUT2D eigenvalue weighted by Gasteiger charge is -2.11. The second-order valence-corrected chi connectivity index (χ2v) is 7.06. The van der Waals surface area contributed by atoms with Crippen molar-refractivity contribution >= 4 is 62.3 Å². The van der Waals surface area contributed by atoms with Crippen molar-refractivity contribution in [2.45, 2.75) is 13.8 Å². The predicted molar refractivity (Wildman–Crippen MR) is 99.1 cm³/mol. The van der Waals surface area contributed by atoms with Gasteiger partial charge in [-0.2, -0.15) is 0 Å². The third-order valence-corrected chi connectivity index (χ3v) is 5.10. The van der Waals surface area contributed by atoms with Gasteiger partial charge in [-0.25, -0.2) is 14.8 Å². The maximum absolute atomic E-state index is 12.0. The number of aryl methyl sites for hydroxylation is 2. The van der Waals surface area contributed by atoms with E-state index in [1.54, 1.807) is 29.5 Å². The molecular weight excluding hydrogens is 369 g/mol. The van der Waals surface area contributed by atoms with Gasteiger partial charge in [0.1, 0.15) is 11.2 Å². The normalized spacial score (nSPS) is 10.7. The van der Waals surface area contributed by atoms with Gasteiger partial charge < -0.3 is 5.32 Å². The fourth-order valence-corrected chi connectivity index (χ4v) is 3.59. The molecule has 124 valence electrons. The van der Waals surface area contributed by atoms with Crippen molar-refractivity contribution in [3.63, 3.8) is 0 Å². The van der Waals surface area contributed by atoms with E-state index in [0.29, 0.717) is 21.6 Å². The lowest BCUT2D eigenvalue weighted by molar-refractivity contribution is 0.254. The number of carbonyl (C=O) groups excluding carboxylic acids is 1. The number of fused-ring (bicyclic) bond motifs is 1. The second-order valence-electron chi connectivity index (χ2n) is 5.01. The summed E-state index contributed by atoms with van der Waals surface area (Å²) in [6.45, 7) is 4.02. The molecule has 2 heterocycles. The van der Waals surface area contributed by atoms with Crippen LogP contribution >= 0.6 is 34.5 Å². The van der Waals surface area contributed by atoms with E-state index in [1.165, 1.54) is 6.33 Å². The Morgan fingerprint density at radius 1 is 1.21 bits per heavy atom. The fourth-order valence-electron chi connectivity index (χ4n) is 2.14. The second kappa shape index (κ2) is 6.80. The van der Waals surface area contributed by atoms with Gasteiger partial charge in [-0.15, -0.1) is 11.3 Å². The summed E-state index contributed by atoms with van der Waals surface area (Å²) in [6.07, 6.45) is 1.45. The minimum atomic E-state index is -0.476. The fraction of sp³-hybridized carbons (Fsp3) is 0.133. The van der Waals surface area contributed by atoms with E-state index in [2.05, 4.69) is 26.1 Å². The van der Waals surface area contributed by atoms with E-state index in [1.807, 2.05) is 13.8 Å². The number of thiophene rings is 1. The number of halogens is 2. The van der Waals surface area contributed by atoms with Gasteiger partial charge >= 0.3 is 6.03 Å². The Labute approximate surface area is 152 Å². The van der Waals surface area contributed by atoms with Crippen LogP contribution < -0.4 is 16.2 Å². The van der Waals surface area contributed by atoms with Gasteiger partial charge in [0.15, 0.2) is 5.82 Å². The van der Waals surface area contributed by atoms with Crippen LogP contribution in [-0.2, 0) is 0 Å². The van der Waals surface area contributed by atoms with Crippen LogP contribution in [0.15, 0.2) is 24.5 Å². The van der Waals surface area contributed by atoms with Crippen LogP contribution in [0.5, 0.6) is 0 Å². The number of hydrazine groups is 1. The lowest BCUT2D eigenvalue weighted by atomic mass is 10.2. The first-order chi connectivity index (χ1) is 11.5. The molecule has 0 bridgehead atoms. The molecular formula is C15H13Cl2N5OS. The quantitative estimate of drug-likeness (QED) is 0.571. The Morgan fingerprint density at radius 2 is 2.00 bits per heavy atom. The van der Waals surface area contributed by atoms with Crippen LogP contribution in [0.4, 0.5) is 16.3 Å². The summed E-state index contributed by atoms with van der Waals surface area (Å²) in [6, 6.07) is 4.34. The Hall–Kier alpha value is -2.09. The third kappa shape index (κ3) is 3.38. The molecule has 0 saturated heterocycles. The van der Waals surface area contributed by atoms with Crippen LogP contribution in [0, 0.1) is 13.8 Å². The molecule has 9 heteroatoms. The van der Waals surface area contributed by atoms with Crippen molar-refractivity contribution in [3.8, 4) is 0 Å². The summed E-state index contributed by atoms with van der Waals surface area (Å²) in [5.41, 5.74) is 6.90. The number of nitrogens with one attached hydrogen (secondary N) is 3. The number of nitrogens with zero attached hydrogens (tertiary/aromatic N) is 2. The summed E-state index contributed by atoms with van der Waals surface area (Å²) >= 11 is 13.4. The molecule has 0 aliphatic heterocycles. The molecule has 3 N–H and O–H groups in total. The third-order valence-electron chi connectivity index (χ3n) is 3.44. The number of urea groups is 1. The smallest absolute Gasteiger partial charge is 0.305 e. The van der Waals surface area contributed by atoms with Crippen molar-refractivity contribution in [1.82, 2.24) is 15.4 Å². The number of hydrogen-bond donors (Lipinski definition) is 3. The van der Waals surface area contributed by atoms with Gasteiger partial charge in [-0.05, 0) is 37.6 Å². The molecule has 0 aliphatic carbocycles. The molecule has 2 aromatic heterocycles. The summed E-state index contributed by atoms with van der Waals surface area (Å²) < 4.78 is 0. The highest BCUT2D eigenvalue weighted by Gasteiger charge is 2.12. The maximum atomic E-state index is 12.0. The minimum absolute atomic E-state index is 0.353. The van der Waals surface area contributed by atoms with Crippen molar-refractivity contribution in [2.75, 3.05) is 10.7 Å². The molecule has 0 saturated carbocycles. The standard InChI is InChI=1S/C15H13Cl2N5OS/c1-7-8(2)24-14-12(7)13(18-6-19-14)21-22-15(23)20-11-4-3-9(16)5-10(11)17/h3-6H,1-2H3,(H,18,19,21)(H2,20,22,23). The van der Waals surface area contributed by atoms with Gasteiger partial charge in [0.2, 0.25) is 0 Å². The molecule has 3 rings (SSSR count). The molecule has 2 amide bonds. The first kappa shape index (κ1) is 16.8. The zero-order valence-corrected chi connectivity index (χ0v) is 15.1. The molecule has 1 aromatic carbocycles. The molecule has 0 unspecified atom stereocenters. The number of rotatable bonds is 3. The number of anilines is 2. The summed E-state index contributed by atoms with van der Waals surface area (Å²) in [4.78, 5) is 22.5. The first-order valence-electron chi connectivity index (χ1n) is 6.94. The zero-order valence-electron chi connectivity index (χ0n) is 12.8. The summed E-state index contributed by atoms with van der Waals surface area (Å²) in [7, 11) is 0. The van der Waals surface area contributed by atoms with E-state index < -0.39 is 6.03 Å². The number of aromatic nitrogens is 2. The van der Waals surface area contributed by atoms with Crippen LogP contribution in [0.25, 0.3) is 10.2 Å². The largest absolute Gasteiger partial charge is 0.337 e. The molecule has 0 spiro atoms. The monoisotopic (exact) mass is 381 g/mol. The van der Waals surface area contributed by atoms with Crippen LogP contribution in [-0.4, -0.2) is 16.0 Å². The zero-order chi connectivity index (χ0) is 17.3. The van der Waals surface area contributed by atoms with Gasteiger partial charge in [-0.3, -0.25) is 10.9 Å². The van der Waals surface area contributed by atoms with Crippen LogP contribution in [0.2, 0.25) is 10.0 Å². The maximum Gasteiger partial charge on any atom is 0.337 e. The molecule has 0 atom stereocenters. The van der Waals surface area contributed by atoms with Gasteiger partial charge in [0.05, 0.1) is 16.1 Å². The molecule has 3 aromatic rings. The number of benzene rings is 1. The highest BCUT2D eigenvalue weighted by Crippen LogP contribution is 2.32. The highest BCUT2D eigenvalue weighted by atomic mass is 35.5. The van der Waals surface area contributed by atoms with Crippen LogP contribution in [0.1, 0.15) is 10.4 Å². The van der Waals surface area contributed by atoms with E-state index >= 15 is 0 Å². The Bertz CT molecular complexity index is 928. The highest BCUT2D eigenvalue weighted by molar-refractivity contribution is 7.18. The first-order valence-corrected chi connectivity index (χ1v) is 8.51. The Morgan fingerprint density at radius 3 is 2.75 bits per heavy atom. The Kier molecular flexibility index (Phi) is 4.75. The Balaban J connectivity index is 1.73. The SMILES string of the molecule is Cc1sc2ncnc(NNC(=O)Nc3ccc(Cl)cc3Cl)c2c1C. The number of carbonyl (C=O) groups is 1. The molecule has 0 radical (unpaired) electrons. The molecule has 0 aliphatic rings. The van der Waals surface area contributed by atoms with Crippen molar-refractivity contribution in [2.24, 2.45) is 0 Å². The number of hydrogen-bond acceptors (Lipinski definition) is 5. The van der Waals surface area contributed by atoms with Gasteiger partial charge in [0.25, 0.3) is 0 Å². The van der Waals surface area contributed by atoms with Crippen molar-refractivity contribution < 1.29 is 4.79 Å². The van der Waals surface area contributed by atoms with Gasteiger partial charge in [0, 0.05) is 9.90 Å². The van der Waals surface area contributed by atoms with Gasteiger partial charge in [-0.1, -0.05) is 23.2 Å². The molecule has 0 fully saturated rings. The topological polar surface area (TPSA) is 78.9 Å². The predicted octanol–water partition coefficient (Wildman–Crippen LogP) is 4.76. The van der Waals surface area contributed by atoms with E-state index in [-0.39, 0.29) is 0 Å². The summed E-state index contributed by atoms with van der Waals surface area (Å²) in [5.74, 6) is 0.541. The van der Waals surface area contributed by atoms with E-state index in [0.717, 1.165) is 20.7 Å². The van der Waals surface area contributed by atoms with Crippen LogP contribution in [0.3, 0.4) is 0 Å². The molecule has 6 nitrogen and oxygen atoms in total. The van der Waals surface area contributed by atoms with Crippen molar-refractivity contribution in [1.29, 1.82) is 0 Å². The average Bonchev–Trinajstić information content (AvgIpc) is 2.83. The van der Waals surface area contributed by atoms with Crippen molar-refractivity contribution in [3.05, 3.63) is 45.0 Å².